The van der Waals surface area contributed by atoms with Gasteiger partial charge in [0.05, 0.1) is 0 Å². The molecule has 1 aromatic carbocycles. The maximum Gasteiger partial charge on any atom is 0.00958 e. The number of rotatable bonds is 5. The van der Waals surface area contributed by atoms with Crippen LogP contribution < -0.4 is 5.32 Å². The molecule has 0 saturated carbocycles. The predicted octanol–water partition coefficient (Wildman–Crippen LogP) is 3.40. The summed E-state index contributed by atoms with van der Waals surface area (Å²) in [5.41, 5.74) is 1.48. The van der Waals surface area contributed by atoms with Crippen LogP contribution in [0.4, 0.5) is 0 Å². The molecular formula is C15H23N. The molecule has 1 saturated heterocycles. The molecule has 1 aliphatic rings. The minimum absolute atomic E-state index is 0.786. The molecule has 0 aliphatic carbocycles. The Kier molecular flexibility index (Phi) is 4.41. The van der Waals surface area contributed by atoms with Crippen molar-refractivity contribution in [1.29, 1.82) is 0 Å². The fourth-order valence-electron chi connectivity index (χ4n) is 2.82. The Morgan fingerprint density at radius 3 is 2.81 bits per heavy atom. The van der Waals surface area contributed by atoms with Gasteiger partial charge in [0.1, 0.15) is 0 Å². The Hall–Kier alpha value is -0.820. The second-order valence-electron chi connectivity index (χ2n) is 4.90. The normalized spacial score (nSPS) is 24.8. The van der Waals surface area contributed by atoms with Gasteiger partial charge >= 0.3 is 0 Å². The highest BCUT2D eigenvalue weighted by molar-refractivity contribution is 5.14. The first kappa shape index (κ1) is 11.7. The van der Waals surface area contributed by atoms with Gasteiger partial charge in [-0.05, 0) is 43.7 Å². The molecule has 0 amide bonds. The molecule has 0 bridgehead atoms. The summed E-state index contributed by atoms with van der Waals surface area (Å²) in [6.07, 6.45) is 6.61. The van der Waals surface area contributed by atoms with Gasteiger partial charge in [-0.3, -0.25) is 0 Å². The van der Waals surface area contributed by atoms with E-state index in [0.717, 1.165) is 12.0 Å². The molecule has 1 N–H and O–H groups in total. The lowest BCUT2D eigenvalue weighted by molar-refractivity contribution is 0.404. The van der Waals surface area contributed by atoms with Crippen molar-refractivity contribution in [3.8, 4) is 0 Å². The van der Waals surface area contributed by atoms with E-state index in [9.17, 15) is 0 Å². The van der Waals surface area contributed by atoms with E-state index in [4.69, 9.17) is 0 Å². The van der Waals surface area contributed by atoms with Crippen molar-refractivity contribution in [3.05, 3.63) is 35.9 Å². The minimum Gasteiger partial charge on any atom is -0.314 e. The molecule has 1 nitrogen and oxygen atoms in total. The van der Waals surface area contributed by atoms with Gasteiger partial charge in [0.2, 0.25) is 0 Å². The van der Waals surface area contributed by atoms with Gasteiger partial charge in [-0.15, -0.1) is 0 Å². The first-order valence-corrected chi connectivity index (χ1v) is 6.67. The van der Waals surface area contributed by atoms with Crippen LogP contribution in [-0.4, -0.2) is 12.6 Å². The van der Waals surface area contributed by atoms with Gasteiger partial charge < -0.3 is 5.32 Å². The third-order valence-electron chi connectivity index (χ3n) is 3.84. The fourth-order valence-corrected chi connectivity index (χ4v) is 2.82. The molecule has 0 aromatic heterocycles. The van der Waals surface area contributed by atoms with Gasteiger partial charge in [0, 0.05) is 6.04 Å². The predicted molar refractivity (Wildman–Crippen MR) is 69.6 cm³/mol. The van der Waals surface area contributed by atoms with Crippen molar-refractivity contribution in [2.24, 2.45) is 5.92 Å². The van der Waals surface area contributed by atoms with Crippen molar-refractivity contribution in [2.45, 2.75) is 45.1 Å². The highest BCUT2D eigenvalue weighted by atomic mass is 14.9. The molecule has 1 heteroatoms. The summed E-state index contributed by atoms with van der Waals surface area (Å²) in [4.78, 5) is 0. The topological polar surface area (TPSA) is 12.0 Å². The zero-order valence-corrected chi connectivity index (χ0v) is 10.3. The van der Waals surface area contributed by atoms with Crippen LogP contribution in [-0.2, 0) is 6.42 Å². The number of aryl methyl sites for hydroxylation is 1. The lowest BCUT2D eigenvalue weighted by Crippen LogP contribution is -2.26. The van der Waals surface area contributed by atoms with Gasteiger partial charge in [-0.1, -0.05) is 43.7 Å². The standard InChI is InChI=1S/C15H23N/c1-2-14-11-12-16-15(14)10-6-9-13-7-4-3-5-8-13/h3-5,7-8,14-16H,2,6,9-12H2,1H3. The van der Waals surface area contributed by atoms with Gasteiger partial charge in [-0.2, -0.15) is 0 Å². The lowest BCUT2D eigenvalue weighted by Gasteiger charge is -2.17. The van der Waals surface area contributed by atoms with E-state index < -0.39 is 0 Å². The number of benzene rings is 1. The van der Waals surface area contributed by atoms with Gasteiger partial charge in [0.15, 0.2) is 0 Å². The van der Waals surface area contributed by atoms with Crippen LogP contribution >= 0.6 is 0 Å². The average Bonchev–Trinajstić information content (AvgIpc) is 2.78. The lowest BCUT2D eigenvalue weighted by atomic mass is 9.93. The van der Waals surface area contributed by atoms with Crippen LogP contribution in [0.3, 0.4) is 0 Å². The largest absolute Gasteiger partial charge is 0.314 e. The maximum atomic E-state index is 3.64. The quantitative estimate of drug-likeness (QED) is 0.797. The molecule has 1 aromatic rings. The van der Waals surface area contributed by atoms with E-state index >= 15 is 0 Å². The van der Waals surface area contributed by atoms with Gasteiger partial charge in [-0.25, -0.2) is 0 Å². The highest BCUT2D eigenvalue weighted by Gasteiger charge is 2.24. The van der Waals surface area contributed by atoms with E-state index in [1.165, 1.54) is 44.2 Å². The van der Waals surface area contributed by atoms with Gasteiger partial charge in [0.25, 0.3) is 0 Å². The number of hydrogen-bond donors (Lipinski definition) is 1. The molecule has 88 valence electrons. The Morgan fingerprint density at radius 1 is 1.25 bits per heavy atom. The van der Waals surface area contributed by atoms with Crippen LogP contribution in [0.2, 0.25) is 0 Å². The van der Waals surface area contributed by atoms with E-state index in [1.54, 1.807) is 0 Å². The first-order chi connectivity index (χ1) is 7.90. The van der Waals surface area contributed by atoms with E-state index in [-0.39, 0.29) is 0 Å². The van der Waals surface area contributed by atoms with E-state index in [2.05, 4.69) is 42.6 Å². The SMILES string of the molecule is CCC1CCNC1CCCc1ccccc1. The van der Waals surface area contributed by atoms with Crippen LogP contribution in [0.5, 0.6) is 0 Å². The molecule has 1 fully saturated rings. The second-order valence-corrected chi connectivity index (χ2v) is 4.90. The molecular weight excluding hydrogens is 194 g/mol. The Bertz CT molecular complexity index is 294. The zero-order valence-electron chi connectivity index (χ0n) is 10.3. The van der Waals surface area contributed by atoms with Crippen molar-refractivity contribution in [3.63, 3.8) is 0 Å². The van der Waals surface area contributed by atoms with Crippen molar-refractivity contribution in [2.75, 3.05) is 6.54 Å². The highest BCUT2D eigenvalue weighted by Crippen LogP contribution is 2.22. The fraction of sp³-hybridized carbons (Fsp3) is 0.600. The maximum absolute atomic E-state index is 3.64. The molecule has 1 aliphatic heterocycles. The summed E-state index contributed by atoms with van der Waals surface area (Å²) in [6.45, 7) is 3.55. The van der Waals surface area contributed by atoms with Crippen molar-refractivity contribution < 1.29 is 0 Å². The van der Waals surface area contributed by atoms with Crippen molar-refractivity contribution >= 4 is 0 Å². The summed E-state index contributed by atoms with van der Waals surface area (Å²) in [7, 11) is 0. The van der Waals surface area contributed by atoms with Crippen LogP contribution in [0.1, 0.15) is 38.2 Å². The van der Waals surface area contributed by atoms with Crippen LogP contribution in [0.25, 0.3) is 0 Å². The third kappa shape index (κ3) is 3.08. The molecule has 1 heterocycles. The molecule has 0 radical (unpaired) electrons. The van der Waals surface area contributed by atoms with E-state index in [1.807, 2.05) is 0 Å². The summed E-state index contributed by atoms with van der Waals surface area (Å²) < 4.78 is 0. The molecule has 2 rings (SSSR count). The average molecular weight is 217 g/mol. The Labute approximate surface area is 99.3 Å². The molecule has 0 spiro atoms. The Balaban J connectivity index is 1.72. The summed E-state index contributed by atoms with van der Waals surface area (Å²) in [5, 5.41) is 3.64. The monoisotopic (exact) mass is 217 g/mol. The number of hydrogen-bond acceptors (Lipinski definition) is 1. The molecule has 2 unspecified atom stereocenters. The third-order valence-corrected chi connectivity index (χ3v) is 3.84. The van der Waals surface area contributed by atoms with Crippen LogP contribution in [0.15, 0.2) is 30.3 Å². The number of nitrogens with one attached hydrogen (secondary N) is 1. The molecule has 16 heavy (non-hydrogen) atoms. The van der Waals surface area contributed by atoms with Crippen LogP contribution in [0, 0.1) is 5.92 Å². The molecule has 2 atom stereocenters. The van der Waals surface area contributed by atoms with E-state index in [0.29, 0.717) is 0 Å². The zero-order chi connectivity index (χ0) is 11.2. The van der Waals surface area contributed by atoms with Crippen molar-refractivity contribution in [1.82, 2.24) is 5.32 Å². The summed E-state index contributed by atoms with van der Waals surface area (Å²) in [5.74, 6) is 0.927. The summed E-state index contributed by atoms with van der Waals surface area (Å²) >= 11 is 0. The summed E-state index contributed by atoms with van der Waals surface area (Å²) in [6, 6.07) is 11.6. The minimum atomic E-state index is 0.786. The second kappa shape index (κ2) is 6.05. The Morgan fingerprint density at radius 2 is 2.06 bits per heavy atom. The smallest absolute Gasteiger partial charge is 0.00958 e. The first-order valence-electron chi connectivity index (χ1n) is 6.67.